The molecule has 3 rings (SSSR count). The quantitative estimate of drug-likeness (QED) is 0.752. The lowest BCUT2D eigenvalue weighted by Gasteiger charge is -2.28. The van der Waals surface area contributed by atoms with Crippen molar-refractivity contribution in [1.29, 1.82) is 0 Å². The van der Waals surface area contributed by atoms with Crippen molar-refractivity contribution >= 4 is 0 Å². The van der Waals surface area contributed by atoms with Gasteiger partial charge in [0.15, 0.2) is 0 Å². The SMILES string of the molecule is O[C@H](CNCc1cnn(-c2ccccc2)n1)CN1CCOCC1. The Labute approximate surface area is 135 Å². The van der Waals surface area contributed by atoms with Crippen molar-refractivity contribution < 1.29 is 9.84 Å². The summed E-state index contributed by atoms with van der Waals surface area (Å²) in [6.45, 7) is 5.09. The Bertz CT molecular complexity index is 583. The predicted octanol–water partition coefficient (Wildman–Crippen LogP) is 0.0500. The number of hydrogen-bond acceptors (Lipinski definition) is 6. The number of aliphatic hydroxyl groups is 1. The fourth-order valence-corrected chi connectivity index (χ4v) is 2.57. The molecule has 0 saturated carbocycles. The second-order valence-corrected chi connectivity index (χ2v) is 5.66. The van der Waals surface area contributed by atoms with E-state index in [0.717, 1.165) is 37.7 Å². The van der Waals surface area contributed by atoms with E-state index in [-0.39, 0.29) is 0 Å². The molecule has 2 N–H and O–H groups in total. The topological polar surface area (TPSA) is 75.4 Å². The molecule has 2 aromatic rings. The molecule has 1 fully saturated rings. The number of ether oxygens (including phenoxy) is 1. The molecular weight excluding hydrogens is 294 g/mol. The fraction of sp³-hybridized carbons (Fsp3) is 0.500. The molecule has 0 unspecified atom stereocenters. The van der Waals surface area contributed by atoms with Crippen LogP contribution >= 0.6 is 0 Å². The zero-order valence-corrected chi connectivity index (χ0v) is 13.1. The molecule has 1 atom stereocenters. The van der Waals surface area contributed by atoms with Gasteiger partial charge in [-0.3, -0.25) is 4.90 Å². The third kappa shape index (κ3) is 4.84. The number of β-amino-alcohol motifs (C(OH)–C–C–N with tert-alkyl or cyclic N) is 1. The highest BCUT2D eigenvalue weighted by atomic mass is 16.5. The van der Waals surface area contributed by atoms with Crippen LogP contribution in [0.4, 0.5) is 0 Å². The molecule has 23 heavy (non-hydrogen) atoms. The van der Waals surface area contributed by atoms with E-state index in [2.05, 4.69) is 20.4 Å². The van der Waals surface area contributed by atoms with Crippen LogP contribution in [-0.4, -0.2) is 70.5 Å². The van der Waals surface area contributed by atoms with Gasteiger partial charge in [-0.15, -0.1) is 0 Å². The number of benzene rings is 1. The highest BCUT2D eigenvalue weighted by Gasteiger charge is 2.14. The maximum atomic E-state index is 10.1. The highest BCUT2D eigenvalue weighted by Crippen LogP contribution is 2.04. The number of rotatable bonds is 7. The van der Waals surface area contributed by atoms with Crippen LogP contribution in [0.15, 0.2) is 36.5 Å². The molecule has 0 aliphatic carbocycles. The summed E-state index contributed by atoms with van der Waals surface area (Å²) in [5.74, 6) is 0. The Kier molecular flexibility index (Phi) is 5.71. The molecule has 124 valence electrons. The average molecular weight is 317 g/mol. The van der Waals surface area contributed by atoms with E-state index < -0.39 is 6.10 Å². The minimum atomic E-state index is -0.391. The van der Waals surface area contributed by atoms with Gasteiger partial charge in [-0.1, -0.05) is 18.2 Å². The second-order valence-electron chi connectivity index (χ2n) is 5.66. The van der Waals surface area contributed by atoms with Crippen molar-refractivity contribution in [2.24, 2.45) is 0 Å². The van der Waals surface area contributed by atoms with Gasteiger partial charge in [0.05, 0.1) is 36.9 Å². The van der Waals surface area contributed by atoms with Crippen molar-refractivity contribution in [3.63, 3.8) is 0 Å². The predicted molar refractivity (Wildman–Crippen MR) is 86.3 cm³/mol. The minimum Gasteiger partial charge on any atom is -0.390 e. The van der Waals surface area contributed by atoms with Crippen molar-refractivity contribution in [2.45, 2.75) is 12.6 Å². The van der Waals surface area contributed by atoms with Crippen LogP contribution in [-0.2, 0) is 11.3 Å². The van der Waals surface area contributed by atoms with Crippen LogP contribution in [0, 0.1) is 0 Å². The third-order valence-electron chi connectivity index (χ3n) is 3.79. The summed E-state index contributed by atoms with van der Waals surface area (Å²) in [5.41, 5.74) is 1.79. The largest absolute Gasteiger partial charge is 0.390 e. The maximum absolute atomic E-state index is 10.1. The molecule has 7 heteroatoms. The molecule has 1 aliphatic rings. The van der Waals surface area contributed by atoms with Gasteiger partial charge in [0.1, 0.15) is 0 Å². The number of nitrogens with zero attached hydrogens (tertiary/aromatic N) is 4. The normalized spacial score (nSPS) is 17.3. The lowest BCUT2D eigenvalue weighted by atomic mass is 10.3. The molecule has 1 saturated heterocycles. The number of para-hydroxylation sites is 1. The van der Waals surface area contributed by atoms with Crippen LogP contribution in [0.2, 0.25) is 0 Å². The number of nitrogens with one attached hydrogen (secondary N) is 1. The third-order valence-corrected chi connectivity index (χ3v) is 3.79. The molecule has 7 nitrogen and oxygen atoms in total. The molecule has 1 aliphatic heterocycles. The van der Waals surface area contributed by atoms with E-state index in [9.17, 15) is 5.11 Å². The van der Waals surface area contributed by atoms with Crippen LogP contribution in [0.5, 0.6) is 0 Å². The summed E-state index contributed by atoms with van der Waals surface area (Å²) in [6, 6.07) is 9.80. The number of aromatic nitrogens is 3. The van der Waals surface area contributed by atoms with E-state index in [1.165, 1.54) is 0 Å². The Morgan fingerprint density at radius 3 is 2.78 bits per heavy atom. The van der Waals surface area contributed by atoms with Crippen molar-refractivity contribution in [1.82, 2.24) is 25.2 Å². The first kappa shape index (κ1) is 16.1. The van der Waals surface area contributed by atoms with Crippen LogP contribution < -0.4 is 5.32 Å². The Hall–Kier alpha value is -1.80. The summed E-state index contributed by atoms with van der Waals surface area (Å²) in [4.78, 5) is 3.84. The minimum absolute atomic E-state index is 0.391. The van der Waals surface area contributed by atoms with E-state index >= 15 is 0 Å². The highest BCUT2D eigenvalue weighted by molar-refractivity contribution is 5.28. The van der Waals surface area contributed by atoms with Gasteiger partial charge < -0.3 is 15.2 Å². The Balaban J connectivity index is 1.41. The molecule has 0 bridgehead atoms. The van der Waals surface area contributed by atoms with Gasteiger partial charge in [0.25, 0.3) is 0 Å². The molecule has 0 amide bonds. The number of hydrogen-bond donors (Lipinski definition) is 2. The smallest absolute Gasteiger partial charge is 0.0969 e. The molecule has 2 heterocycles. The summed E-state index contributed by atoms with van der Waals surface area (Å²) >= 11 is 0. The summed E-state index contributed by atoms with van der Waals surface area (Å²) in [6.07, 6.45) is 1.35. The number of aliphatic hydroxyl groups excluding tert-OH is 1. The van der Waals surface area contributed by atoms with Crippen LogP contribution in [0.25, 0.3) is 5.69 Å². The first-order valence-electron chi connectivity index (χ1n) is 7.97. The summed E-state index contributed by atoms with van der Waals surface area (Å²) < 4.78 is 5.30. The summed E-state index contributed by atoms with van der Waals surface area (Å²) in [7, 11) is 0. The molecule has 1 aromatic heterocycles. The van der Waals surface area contributed by atoms with Gasteiger partial charge in [0.2, 0.25) is 0 Å². The van der Waals surface area contributed by atoms with E-state index in [1.807, 2.05) is 30.3 Å². The monoisotopic (exact) mass is 317 g/mol. The zero-order chi connectivity index (χ0) is 15.9. The van der Waals surface area contributed by atoms with Crippen LogP contribution in [0.1, 0.15) is 5.69 Å². The van der Waals surface area contributed by atoms with E-state index in [4.69, 9.17) is 4.74 Å². The molecular formula is C16H23N5O2. The first-order chi connectivity index (χ1) is 11.3. The Morgan fingerprint density at radius 1 is 1.22 bits per heavy atom. The van der Waals surface area contributed by atoms with Crippen molar-refractivity contribution in [2.75, 3.05) is 39.4 Å². The standard InChI is InChI=1S/C16H23N5O2/c22-16(13-20-6-8-23-9-7-20)12-17-10-14-11-18-21(19-14)15-4-2-1-3-5-15/h1-5,11,16-17,22H,6-10,12-13H2/t16-/m1/s1. The van der Waals surface area contributed by atoms with E-state index in [1.54, 1.807) is 11.0 Å². The summed E-state index contributed by atoms with van der Waals surface area (Å²) in [5, 5.41) is 22.0. The van der Waals surface area contributed by atoms with E-state index in [0.29, 0.717) is 19.6 Å². The lowest BCUT2D eigenvalue weighted by Crippen LogP contribution is -2.43. The average Bonchev–Trinajstić information content (AvgIpc) is 3.05. The van der Waals surface area contributed by atoms with Gasteiger partial charge in [-0.25, -0.2) is 0 Å². The molecule has 0 radical (unpaired) electrons. The van der Waals surface area contributed by atoms with Crippen molar-refractivity contribution in [3.05, 3.63) is 42.2 Å². The fourth-order valence-electron chi connectivity index (χ4n) is 2.57. The van der Waals surface area contributed by atoms with Crippen molar-refractivity contribution in [3.8, 4) is 5.69 Å². The van der Waals surface area contributed by atoms with Gasteiger partial charge in [0, 0.05) is 32.7 Å². The molecule has 0 spiro atoms. The lowest BCUT2D eigenvalue weighted by molar-refractivity contribution is 0.0149. The molecule has 1 aromatic carbocycles. The van der Waals surface area contributed by atoms with Gasteiger partial charge in [-0.2, -0.15) is 15.0 Å². The Morgan fingerprint density at radius 2 is 2.00 bits per heavy atom. The zero-order valence-electron chi connectivity index (χ0n) is 13.1. The van der Waals surface area contributed by atoms with Crippen LogP contribution in [0.3, 0.4) is 0 Å². The van der Waals surface area contributed by atoms with Gasteiger partial charge >= 0.3 is 0 Å². The van der Waals surface area contributed by atoms with Gasteiger partial charge in [-0.05, 0) is 12.1 Å². The second kappa shape index (κ2) is 8.16. The number of morpholine rings is 1. The maximum Gasteiger partial charge on any atom is 0.0969 e. The first-order valence-corrected chi connectivity index (χ1v) is 7.97.